The lowest BCUT2D eigenvalue weighted by Crippen LogP contribution is -2.35. The highest BCUT2D eigenvalue weighted by molar-refractivity contribution is 9.09. The lowest BCUT2D eigenvalue weighted by molar-refractivity contribution is 0.0644. The van der Waals surface area contributed by atoms with Crippen LogP contribution in [0.25, 0.3) is 0 Å². The van der Waals surface area contributed by atoms with E-state index in [1.54, 1.807) is 7.11 Å². The molecule has 0 aromatic heterocycles. The van der Waals surface area contributed by atoms with Crippen molar-refractivity contribution in [1.82, 2.24) is 4.90 Å². The summed E-state index contributed by atoms with van der Waals surface area (Å²) in [6, 6.07) is 0. The Bertz CT molecular complexity index is 150. The summed E-state index contributed by atoms with van der Waals surface area (Å²) in [6.45, 7) is 5.92. The standard InChI is InChI=1S/C11H22BrNO2/c1-14-9-10-15-8-2-5-13-6-3-11(12)4-7-13/h11H,2-10H2,1H3. The summed E-state index contributed by atoms with van der Waals surface area (Å²) in [7, 11) is 1.70. The molecule has 3 nitrogen and oxygen atoms in total. The smallest absolute Gasteiger partial charge is 0.0700 e. The molecule has 0 radical (unpaired) electrons. The Morgan fingerprint density at radius 2 is 1.93 bits per heavy atom. The van der Waals surface area contributed by atoms with Crippen LogP contribution in [0.5, 0.6) is 0 Å². The highest BCUT2D eigenvalue weighted by Crippen LogP contribution is 2.17. The topological polar surface area (TPSA) is 21.7 Å². The second kappa shape index (κ2) is 8.50. The molecule has 0 N–H and O–H groups in total. The van der Waals surface area contributed by atoms with Gasteiger partial charge < -0.3 is 14.4 Å². The van der Waals surface area contributed by atoms with Crippen molar-refractivity contribution in [3.8, 4) is 0 Å². The summed E-state index contributed by atoms with van der Waals surface area (Å²) in [6.07, 6.45) is 3.70. The number of alkyl halides is 1. The van der Waals surface area contributed by atoms with E-state index in [0.29, 0.717) is 6.61 Å². The third-order valence-electron chi connectivity index (χ3n) is 2.71. The zero-order valence-corrected chi connectivity index (χ0v) is 11.2. The quantitative estimate of drug-likeness (QED) is 0.525. The molecule has 90 valence electrons. The van der Waals surface area contributed by atoms with E-state index < -0.39 is 0 Å². The van der Waals surface area contributed by atoms with E-state index in [4.69, 9.17) is 9.47 Å². The van der Waals surface area contributed by atoms with E-state index in [2.05, 4.69) is 20.8 Å². The second-order valence-corrected chi connectivity index (χ2v) is 5.27. The Morgan fingerprint density at radius 3 is 2.60 bits per heavy atom. The molecule has 0 bridgehead atoms. The number of hydrogen-bond acceptors (Lipinski definition) is 3. The fraction of sp³-hybridized carbons (Fsp3) is 1.00. The molecule has 0 saturated carbocycles. The number of hydrogen-bond donors (Lipinski definition) is 0. The number of ether oxygens (including phenoxy) is 2. The summed E-state index contributed by atoms with van der Waals surface area (Å²) >= 11 is 3.66. The molecule has 1 aliphatic rings. The summed E-state index contributed by atoms with van der Waals surface area (Å²) in [4.78, 5) is 3.27. The molecule has 1 fully saturated rings. The summed E-state index contributed by atoms with van der Waals surface area (Å²) < 4.78 is 10.3. The maximum absolute atomic E-state index is 5.43. The van der Waals surface area contributed by atoms with Crippen molar-refractivity contribution in [2.75, 3.05) is 46.6 Å². The Balaban J connectivity index is 1.87. The van der Waals surface area contributed by atoms with Crippen molar-refractivity contribution in [2.24, 2.45) is 0 Å². The van der Waals surface area contributed by atoms with Gasteiger partial charge in [-0.25, -0.2) is 0 Å². The predicted octanol–water partition coefficient (Wildman–Crippen LogP) is 1.90. The van der Waals surface area contributed by atoms with Crippen molar-refractivity contribution in [3.05, 3.63) is 0 Å². The van der Waals surface area contributed by atoms with Gasteiger partial charge in [-0.1, -0.05) is 15.9 Å². The normalized spacial score (nSPS) is 19.6. The van der Waals surface area contributed by atoms with Crippen molar-refractivity contribution < 1.29 is 9.47 Å². The molecule has 0 atom stereocenters. The fourth-order valence-electron chi connectivity index (χ4n) is 1.76. The third kappa shape index (κ3) is 6.51. The van der Waals surface area contributed by atoms with E-state index >= 15 is 0 Å². The van der Waals surface area contributed by atoms with Crippen molar-refractivity contribution in [1.29, 1.82) is 0 Å². The van der Waals surface area contributed by atoms with Crippen LogP contribution in [0.4, 0.5) is 0 Å². The third-order valence-corrected chi connectivity index (χ3v) is 3.63. The van der Waals surface area contributed by atoms with Crippen molar-refractivity contribution >= 4 is 15.9 Å². The van der Waals surface area contributed by atoms with Crippen LogP contribution in [0, 0.1) is 0 Å². The van der Waals surface area contributed by atoms with Crippen LogP contribution in [-0.2, 0) is 9.47 Å². The monoisotopic (exact) mass is 279 g/mol. The Kier molecular flexibility index (Phi) is 7.61. The molecule has 0 aromatic carbocycles. The lowest BCUT2D eigenvalue weighted by atomic mass is 10.1. The van der Waals surface area contributed by atoms with E-state index in [1.807, 2.05) is 0 Å². The molecular formula is C11H22BrNO2. The van der Waals surface area contributed by atoms with Gasteiger partial charge in [-0.15, -0.1) is 0 Å². The van der Waals surface area contributed by atoms with Gasteiger partial charge in [0.05, 0.1) is 13.2 Å². The zero-order valence-electron chi connectivity index (χ0n) is 9.58. The van der Waals surface area contributed by atoms with E-state index in [0.717, 1.165) is 24.5 Å². The Morgan fingerprint density at radius 1 is 1.20 bits per heavy atom. The van der Waals surface area contributed by atoms with Crippen LogP contribution < -0.4 is 0 Å². The van der Waals surface area contributed by atoms with Crippen LogP contribution in [0.15, 0.2) is 0 Å². The number of nitrogens with zero attached hydrogens (tertiary/aromatic N) is 1. The first kappa shape index (κ1) is 13.4. The zero-order chi connectivity index (χ0) is 10.9. The van der Waals surface area contributed by atoms with Gasteiger partial charge in [0, 0.05) is 25.1 Å². The van der Waals surface area contributed by atoms with E-state index in [1.165, 1.54) is 32.5 Å². The number of rotatable bonds is 7. The Labute approximate surface area is 101 Å². The van der Waals surface area contributed by atoms with Gasteiger partial charge in [0.1, 0.15) is 0 Å². The molecule has 4 heteroatoms. The number of halogens is 1. The largest absolute Gasteiger partial charge is 0.382 e. The second-order valence-electron chi connectivity index (χ2n) is 3.97. The first-order chi connectivity index (χ1) is 7.33. The first-order valence-corrected chi connectivity index (χ1v) is 6.67. The minimum atomic E-state index is 0.703. The maximum Gasteiger partial charge on any atom is 0.0700 e. The molecule has 1 heterocycles. The highest BCUT2D eigenvalue weighted by Gasteiger charge is 2.15. The van der Waals surface area contributed by atoms with E-state index in [9.17, 15) is 0 Å². The maximum atomic E-state index is 5.43. The van der Waals surface area contributed by atoms with Gasteiger partial charge in [0.25, 0.3) is 0 Å². The number of methoxy groups -OCH3 is 1. The molecule has 0 unspecified atom stereocenters. The van der Waals surface area contributed by atoms with Crippen LogP contribution in [0.1, 0.15) is 19.3 Å². The van der Waals surface area contributed by atoms with Gasteiger partial charge in [-0.3, -0.25) is 0 Å². The molecule has 1 saturated heterocycles. The Hall–Kier alpha value is 0.360. The first-order valence-electron chi connectivity index (χ1n) is 5.76. The van der Waals surface area contributed by atoms with Crippen LogP contribution in [0.3, 0.4) is 0 Å². The molecule has 0 spiro atoms. The summed E-state index contributed by atoms with van der Waals surface area (Å²) in [5.41, 5.74) is 0. The molecule has 0 aliphatic carbocycles. The number of likely N-dealkylation sites (tertiary alicyclic amines) is 1. The van der Waals surface area contributed by atoms with Crippen molar-refractivity contribution in [3.63, 3.8) is 0 Å². The molecule has 0 amide bonds. The SMILES string of the molecule is COCCOCCCN1CCC(Br)CC1. The van der Waals surface area contributed by atoms with Gasteiger partial charge in [0.15, 0.2) is 0 Å². The van der Waals surface area contributed by atoms with Gasteiger partial charge in [-0.05, 0) is 32.4 Å². The summed E-state index contributed by atoms with van der Waals surface area (Å²) in [5, 5.41) is 0. The van der Waals surface area contributed by atoms with Crippen LogP contribution >= 0.6 is 15.9 Å². The van der Waals surface area contributed by atoms with Crippen LogP contribution in [-0.4, -0.2) is 56.3 Å². The fourth-order valence-corrected chi connectivity index (χ4v) is 2.17. The van der Waals surface area contributed by atoms with Gasteiger partial charge in [-0.2, -0.15) is 0 Å². The van der Waals surface area contributed by atoms with Gasteiger partial charge in [0.2, 0.25) is 0 Å². The molecule has 0 aromatic rings. The average Bonchev–Trinajstić information content (AvgIpc) is 2.26. The molecular weight excluding hydrogens is 258 g/mol. The highest BCUT2D eigenvalue weighted by atomic mass is 79.9. The molecule has 1 rings (SSSR count). The minimum absolute atomic E-state index is 0.703. The predicted molar refractivity (Wildman–Crippen MR) is 65.7 cm³/mol. The van der Waals surface area contributed by atoms with Crippen molar-refractivity contribution in [2.45, 2.75) is 24.1 Å². The molecule has 1 aliphatic heterocycles. The van der Waals surface area contributed by atoms with Gasteiger partial charge >= 0.3 is 0 Å². The van der Waals surface area contributed by atoms with Crippen LogP contribution in [0.2, 0.25) is 0 Å². The average molecular weight is 280 g/mol. The minimum Gasteiger partial charge on any atom is -0.382 e. The number of piperidine rings is 1. The van der Waals surface area contributed by atoms with E-state index in [-0.39, 0.29) is 0 Å². The molecule has 15 heavy (non-hydrogen) atoms. The summed E-state index contributed by atoms with van der Waals surface area (Å²) in [5.74, 6) is 0. The lowest BCUT2D eigenvalue weighted by Gasteiger charge is -2.29.